The molecule has 0 bridgehead atoms. The van der Waals surface area contributed by atoms with Crippen molar-refractivity contribution in [2.45, 2.75) is 46.6 Å². The normalized spacial score (nSPS) is 16.1. The quantitative estimate of drug-likeness (QED) is 0.882. The molecule has 0 atom stereocenters. The molecule has 1 aliphatic rings. The minimum atomic E-state index is 0.695. The highest BCUT2D eigenvalue weighted by Gasteiger charge is 2.12. The maximum Gasteiger partial charge on any atom is 0.128 e. The van der Waals surface area contributed by atoms with Gasteiger partial charge in [-0.25, -0.2) is 4.98 Å². The van der Waals surface area contributed by atoms with Crippen LogP contribution in [0.4, 0.5) is 5.82 Å². The summed E-state index contributed by atoms with van der Waals surface area (Å²) >= 11 is 0. The molecule has 1 aromatic heterocycles. The van der Waals surface area contributed by atoms with E-state index in [-0.39, 0.29) is 0 Å². The number of nitrogens with one attached hydrogen (secondary N) is 1. The summed E-state index contributed by atoms with van der Waals surface area (Å²) in [7, 11) is 0. The number of nitrogens with zero attached hydrogens (tertiary/aromatic N) is 2. The van der Waals surface area contributed by atoms with Crippen molar-refractivity contribution in [1.82, 2.24) is 10.3 Å². The van der Waals surface area contributed by atoms with Crippen LogP contribution in [0.3, 0.4) is 0 Å². The smallest absolute Gasteiger partial charge is 0.128 e. The van der Waals surface area contributed by atoms with Crippen LogP contribution in [0.25, 0.3) is 0 Å². The minimum Gasteiger partial charge on any atom is -0.357 e. The molecule has 0 radical (unpaired) electrons. The molecule has 1 aliphatic heterocycles. The van der Waals surface area contributed by atoms with Gasteiger partial charge in [-0.3, -0.25) is 0 Å². The zero-order valence-corrected chi connectivity index (χ0v) is 12.6. The van der Waals surface area contributed by atoms with Gasteiger partial charge in [-0.15, -0.1) is 0 Å². The fraction of sp³-hybridized carbons (Fsp3) is 0.688. The number of aromatic nitrogens is 1. The Hall–Kier alpha value is -1.09. The van der Waals surface area contributed by atoms with Crippen LogP contribution in [0.1, 0.15) is 44.4 Å². The van der Waals surface area contributed by atoms with E-state index in [0.717, 1.165) is 32.0 Å². The first-order valence-electron chi connectivity index (χ1n) is 7.59. The van der Waals surface area contributed by atoms with Crippen molar-refractivity contribution >= 4 is 5.82 Å². The molecule has 19 heavy (non-hydrogen) atoms. The van der Waals surface area contributed by atoms with Crippen molar-refractivity contribution in [3.8, 4) is 0 Å². The van der Waals surface area contributed by atoms with E-state index in [0.29, 0.717) is 5.92 Å². The number of hydrogen-bond donors (Lipinski definition) is 1. The summed E-state index contributed by atoms with van der Waals surface area (Å²) in [4.78, 5) is 7.20. The lowest BCUT2D eigenvalue weighted by Crippen LogP contribution is -2.30. The van der Waals surface area contributed by atoms with Crippen LogP contribution in [0, 0.1) is 12.8 Å². The fourth-order valence-electron chi connectivity index (χ4n) is 2.56. The molecule has 1 saturated heterocycles. The second-order valence-electron chi connectivity index (χ2n) is 5.99. The first-order valence-corrected chi connectivity index (χ1v) is 7.59. The minimum absolute atomic E-state index is 0.695. The second kappa shape index (κ2) is 6.90. The lowest BCUT2D eigenvalue weighted by atomic mass is 10.1. The predicted molar refractivity (Wildman–Crippen MR) is 81.6 cm³/mol. The first kappa shape index (κ1) is 14.3. The van der Waals surface area contributed by atoms with Crippen molar-refractivity contribution in [1.29, 1.82) is 0 Å². The molecule has 3 nitrogen and oxygen atoms in total. The number of pyridine rings is 1. The van der Waals surface area contributed by atoms with Gasteiger partial charge < -0.3 is 10.2 Å². The third-order valence-corrected chi connectivity index (χ3v) is 3.73. The van der Waals surface area contributed by atoms with Crippen molar-refractivity contribution in [3.05, 3.63) is 23.4 Å². The molecule has 2 rings (SSSR count). The Morgan fingerprint density at radius 2 is 1.95 bits per heavy atom. The van der Waals surface area contributed by atoms with Crippen LogP contribution >= 0.6 is 0 Å². The monoisotopic (exact) mass is 261 g/mol. The summed E-state index contributed by atoms with van der Waals surface area (Å²) in [5.74, 6) is 1.85. The number of hydrogen-bond acceptors (Lipinski definition) is 3. The molecule has 0 unspecified atom stereocenters. The van der Waals surface area contributed by atoms with Gasteiger partial charge in [-0.1, -0.05) is 19.9 Å². The lowest BCUT2D eigenvalue weighted by molar-refractivity contribution is 0.550. The van der Waals surface area contributed by atoms with E-state index in [1.165, 1.54) is 30.5 Å². The SMILES string of the molecule is Cc1nc(N2CCCCC2)ccc1CNCC(C)C. The summed E-state index contributed by atoms with van der Waals surface area (Å²) in [6, 6.07) is 4.42. The van der Waals surface area contributed by atoms with Crippen LogP contribution in [-0.4, -0.2) is 24.6 Å². The van der Waals surface area contributed by atoms with Crippen molar-refractivity contribution in [2.75, 3.05) is 24.5 Å². The van der Waals surface area contributed by atoms with E-state index in [4.69, 9.17) is 4.98 Å². The van der Waals surface area contributed by atoms with Crippen molar-refractivity contribution in [3.63, 3.8) is 0 Å². The molecule has 0 saturated carbocycles. The topological polar surface area (TPSA) is 28.2 Å². The highest BCUT2D eigenvalue weighted by Crippen LogP contribution is 2.19. The van der Waals surface area contributed by atoms with Gasteiger partial charge in [-0.2, -0.15) is 0 Å². The maximum absolute atomic E-state index is 4.78. The van der Waals surface area contributed by atoms with E-state index in [9.17, 15) is 0 Å². The fourth-order valence-corrected chi connectivity index (χ4v) is 2.56. The molecule has 106 valence electrons. The molecular weight excluding hydrogens is 234 g/mol. The molecule has 1 fully saturated rings. The summed E-state index contributed by atoms with van der Waals surface area (Å²) in [5.41, 5.74) is 2.49. The van der Waals surface area contributed by atoms with E-state index in [2.05, 4.69) is 43.1 Å². The Kier molecular flexibility index (Phi) is 5.20. The van der Waals surface area contributed by atoms with Gasteiger partial charge in [0.2, 0.25) is 0 Å². The highest BCUT2D eigenvalue weighted by atomic mass is 15.2. The zero-order chi connectivity index (χ0) is 13.7. The van der Waals surface area contributed by atoms with Gasteiger partial charge in [0.05, 0.1) is 0 Å². The summed E-state index contributed by atoms with van der Waals surface area (Å²) in [5, 5.41) is 3.49. The predicted octanol–water partition coefficient (Wildman–Crippen LogP) is 3.13. The van der Waals surface area contributed by atoms with Gasteiger partial charge in [0, 0.05) is 25.3 Å². The van der Waals surface area contributed by atoms with E-state index < -0.39 is 0 Å². The van der Waals surface area contributed by atoms with Crippen LogP contribution in [-0.2, 0) is 6.54 Å². The summed E-state index contributed by atoms with van der Waals surface area (Å²) in [6.07, 6.45) is 3.98. The third-order valence-electron chi connectivity index (χ3n) is 3.73. The summed E-state index contributed by atoms with van der Waals surface area (Å²) < 4.78 is 0. The average molecular weight is 261 g/mol. The lowest BCUT2D eigenvalue weighted by Gasteiger charge is -2.28. The van der Waals surface area contributed by atoms with Gasteiger partial charge in [0.25, 0.3) is 0 Å². The number of rotatable bonds is 5. The van der Waals surface area contributed by atoms with Crippen LogP contribution < -0.4 is 10.2 Å². The Bertz CT molecular complexity index is 395. The number of aryl methyl sites for hydroxylation is 1. The van der Waals surface area contributed by atoms with Crippen molar-refractivity contribution < 1.29 is 0 Å². The molecule has 2 heterocycles. The number of piperidine rings is 1. The Labute approximate surface area is 117 Å². The van der Waals surface area contributed by atoms with Crippen molar-refractivity contribution in [2.24, 2.45) is 5.92 Å². The van der Waals surface area contributed by atoms with Crippen LogP contribution in [0.2, 0.25) is 0 Å². The molecule has 0 aliphatic carbocycles. The molecule has 0 aromatic carbocycles. The largest absolute Gasteiger partial charge is 0.357 e. The van der Waals surface area contributed by atoms with Gasteiger partial charge in [0.15, 0.2) is 0 Å². The Balaban J connectivity index is 1.96. The standard InChI is InChI=1S/C16H27N3/c1-13(2)11-17-12-15-7-8-16(18-14(15)3)19-9-5-4-6-10-19/h7-8,13,17H,4-6,9-12H2,1-3H3. The zero-order valence-electron chi connectivity index (χ0n) is 12.6. The Morgan fingerprint density at radius 3 is 2.58 bits per heavy atom. The van der Waals surface area contributed by atoms with Crippen LogP contribution in [0.15, 0.2) is 12.1 Å². The van der Waals surface area contributed by atoms with E-state index in [1.54, 1.807) is 0 Å². The molecular formula is C16H27N3. The van der Waals surface area contributed by atoms with Gasteiger partial charge in [0.1, 0.15) is 5.82 Å². The van der Waals surface area contributed by atoms with E-state index >= 15 is 0 Å². The van der Waals surface area contributed by atoms with Crippen LogP contribution in [0.5, 0.6) is 0 Å². The Morgan fingerprint density at radius 1 is 1.21 bits per heavy atom. The van der Waals surface area contributed by atoms with Gasteiger partial charge in [-0.05, 0) is 50.3 Å². The first-order chi connectivity index (χ1) is 9.16. The molecule has 0 amide bonds. The van der Waals surface area contributed by atoms with Gasteiger partial charge >= 0.3 is 0 Å². The molecule has 3 heteroatoms. The van der Waals surface area contributed by atoms with E-state index in [1.807, 2.05) is 0 Å². The highest BCUT2D eigenvalue weighted by molar-refractivity contribution is 5.42. The maximum atomic E-state index is 4.78. The molecule has 1 aromatic rings. The molecule has 1 N–H and O–H groups in total. The third kappa shape index (κ3) is 4.20. The second-order valence-corrected chi connectivity index (χ2v) is 5.99. The average Bonchev–Trinajstić information content (AvgIpc) is 2.41. The summed E-state index contributed by atoms with van der Waals surface area (Å²) in [6.45, 7) is 10.9. The number of anilines is 1. The molecule has 0 spiro atoms.